The molecule has 1 aromatic carbocycles. The van der Waals surface area contributed by atoms with Crippen LogP contribution in [0.25, 0.3) is 6.08 Å². The summed E-state index contributed by atoms with van der Waals surface area (Å²) in [4.78, 5) is 23.0. The zero-order chi connectivity index (χ0) is 15.8. The Morgan fingerprint density at radius 3 is 2.64 bits per heavy atom. The van der Waals surface area contributed by atoms with E-state index >= 15 is 0 Å². The third kappa shape index (κ3) is 5.28. The molecule has 5 heteroatoms. The topological polar surface area (TPSA) is 68.5 Å². The molecule has 0 spiro atoms. The molecule has 5 nitrogen and oxygen atoms in total. The molecule has 0 unspecified atom stereocenters. The predicted molar refractivity (Wildman–Crippen MR) is 81.7 cm³/mol. The average molecular weight is 299 g/mol. The number of carbonyl (C=O) groups excluding carboxylic acids is 2. The summed E-state index contributed by atoms with van der Waals surface area (Å²) < 4.78 is 10.1. The Morgan fingerprint density at radius 1 is 1.18 bits per heavy atom. The Bertz CT molecular complexity index is 658. The van der Waals surface area contributed by atoms with Crippen molar-refractivity contribution in [3.63, 3.8) is 0 Å². The summed E-state index contributed by atoms with van der Waals surface area (Å²) in [5, 5.41) is 2.67. The summed E-state index contributed by atoms with van der Waals surface area (Å²) in [7, 11) is 0. The van der Waals surface area contributed by atoms with Gasteiger partial charge in [0.25, 0.3) is 5.91 Å². The van der Waals surface area contributed by atoms with Gasteiger partial charge in [0.1, 0.15) is 11.5 Å². The van der Waals surface area contributed by atoms with Crippen molar-refractivity contribution in [1.29, 1.82) is 0 Å². The van der Waals surface area contributed by atoms with Gasteiger partial charge < -0.3 is 14.5 Å². The van der Waals surface area contributed by atoms with E-state index in [-0.39, 0.29) is 12.5 Å². The van der Waals surface area contributed by atoms with E-state index in [2.05, 4.69) is 5.32 Å². The van der Waals surface area contributed by atoms with Crippen molar-refractivity contribution < 1.29 is 18.7 Å². The van der Waals surface area contributed by atoms with Crippen molar-refractivity contribution in [2.24, 2.45) is 0 Å². The molecule has 2 rings (SSSR count). The van der Waals surface area contributed by atoms with E-state index in [4.69, 9.17) is 9.15 Å². The number of esters is 1. The maximum atomic E-state index is 11.6. The molecule has 0 aliphatic rings. The van der Waals surface area contributed by atoms with Crippen molar-refractivity contribution in [2.75, 3.05) is 6.61 Å². The molecule has 0 atom stereocenters. The first kappa shape index (κ1) is 15.6. The van der Waals surface area contributed by atoms with Gasteiger partial charge in [-0.2, -0.15) is 0 Å². The van der Waals surface area contributed by atoms with Crippen LogP contribution < -0.4 is 5.32 Å². The van der Waals surface area contributed by atoms with Gasteiger partial charge in [0.15, 0.2) is 6.61 Å². The van der Waals surface area contributed by atoms with E-state index in [1.165, 1.54) is 12.2 Å². The largest absolute Gasteiger partial charge is 0.462 e. The molecule has 0 aliphatic carbocycles. The van der Waals surface area contributed by atoms with E-state index < -0.39 is 5.97 Å². The molecular weight excluding hydrogens is 282 g/mol. The predicted octanol–water partition coefficient (Wildman–Crippen LogP) is 2.46. The minimum atomic E-state index is -0.594. The van der Waals surface area contributed by atoms with Gasteiger partial charge in [-0.1, -0.05) is 30.3 Å². The van der Waals surface area contributed by atoms with E-state index in [0.717, 1.165) is 11.3 Å². The number of hydrogen-bond acceptors (Lipinski definition) is 4. The number of furan rings is 1. The fourth-order valence-electron chi connectivity index (χ4n) is 1.73. The Morgan fingerprint density at radius 2 is 1.95 bits per heavy atom. The van der Waals surface area contributed by atoms with E-state index in [9.17, 15) is 9.59 Å². The molecule has 0 fully saturated rings. The van der Waals surface area contributed by atoms with Crippen LogP contribution in [0.2, 0.25) is 0 Å². The number of hydrogen-bond donors (Lipinski definition) is 1. The van der Waals surface area contributed by atoms with Gasteiger partial charge in [-0.05, 0) is 30.7 Å². The number of rotatable bonds is 6. The number of carbonyl (C=O) groups is 2. The van der Waals surface area contributed by atoms with Crippen LogP contribution in [0.15, 0.2) is 53.0 Å². The fourth-order valence-corrected chi connectivity index (χ4v) is 1.73. The number of benzene rings is 1. The van der Waals surface area contributed by atoms with Gasteiger partial charge in [-0.25, -0.2) is 4.79 Å². The Kier molecular flexibility index (Phi) is 5.54. The molecule has 22 heavy (non-hydrogen) atoms. The lowest BCUT2D eigenvalue weighted by Crippen LogP contribution is -2.28. The second-order valence-electron chi connectivity index (χ2n) is 4.65. The molecular formula is C17H17NO4. The number of ether oxygens (including phenoxy) is 1. The molecule has 114 valence electrons. The highest BCUT2D eigenvalue weighted by Gasteiger charge is 2.05. The molecule has 0 saturated carbocycles. The fraction of sp³-hybridized carbons (Fsp3) is 0.176. The lowest BCUT2D eigenvalue weighted by atomic mass is 10.2. The van der Waals surface area contributed by atoms with Crippen molar-refractivity contribution in [1.82, 2.24) is 5.32 Å². The molecule has 0 radical (unpaired) electrons. The van der Waals surface area contributed by atoms with Gasteiger partial charge in [0.05, 0.1) is 0 Å². The summed E-state index contributed by atoms with van der Waals surface area (Å²) in [6.45, 7) is 1.90. The van der Waals surface area contributed by atoms with Crippen LogP contribution in [0.3, 0.4) is 0 Å². The van der Waals surface area contributed by atoms with Crippen molar-refractivity contribution in [2.45, 2.75) is 13.5 Å². The normalized spacial score (nSPS) is 10.6. The second-order valence-corrected chi connectivity index (χ2v) is 4.65. The van der Waals surface area contributed by atoms with Gasteiger partial charge in [-0.15, -0.1) is 0 Å². The molecule has 2 aromatic rings. The Labute approximate surface area is 128 Å². The summed E-state index contributed by atoms with van der Waals surface area (Å²) in [5.41, 5.74) is 0.982. The van der Waals surface area contributed by atoms with E-state index in [1.807, 2.05) is 37.3 Å². The highest BCUT2D eigenvalue weighted by Crippen LogP contribution is 2.07. The summed E-state index contributed by atoms with van der Waals surface area (Å²) in [5.74, 6) is 0.375. The van der Waals surface area contributed by atoms with Crippen LogP contribution in [-0.4, -0.2) is 18.5 Å². The second kappa shape index (κ2) is 7.83. The molecule has 1 heterocycles. The Balaban J connectivity index is 1.69. The first-order valence-corrected chi connectivity index (χ1v) is 6.85. The molecule has 1 amide bonds. The van der Waals surface area contributed by atoms with Crippen molar-refractivity contribution in [3.8, 4) is 0 Å². The van der Waals surface area contributed by atoms with Crippen LogP contribution in [-0.2, 0) is 20.9 Å². The molecule has 0 saturated heterocycles. The smallest absolute Gasteiger partial charge is 0.331 e. The van der Waals surface area contributed by atoms with Gasteiger partial charge in [0, 0.05) is 12.6 Å². The first-order valence-electron chi connectivity index (χ1n) is 6.85. The zero-order valence-electron chi connectivity index (χ0n) is 12.2. The minimum Gasteiger partial charge on any atom is -0.462 e. The third-order valence-electron chi connectivity index (χ3n) is 2.82. The molecule has 1 aromatic heterocycles. The number of aryl methyl sites for hydroxylation is 1. The van der Waals surface area contributed by atoms with Gasteiger partial charge >= 0.3 is 5.97 Å². The average Bonchev–Trinajstić information content (AvgIpc) is 2.95. The Hall–Kier alpha value is -2.82. The van der Waals surface area contributed by atoms with E-state index in [0.29, 0.717) is 12.3 Å². The summed E-state index contributed by atoms with van der Waals surface area (Å²) in [6.07, 6.45) is 2.72. The van der Waals surface area contributed by atoms with Crippen molar-refractivity contribution in [3.05, 3.63) is 65.6 Å². The van der Waals surface area contributed by atoms with E-state index in [1.54, 1.807) is 12.1 Å². The highest BCUT2D eigenvalue weighted by molar-refractivity contribution is 5.88. The maximum Gasteiger partial charge on any atom is 0.331 e. The summed E-state index contributed by atoms with van der Waals surface area (Å²) in [6, 6.07) is 13.0. The lowest BCUT2D eigenvalue weighted by molar-refractivity contribution is -0.143. The number of nitrogens with one attached hydrogen (secondary N) is 1. The lowest BCUT2D eigenvalue weighted by Gasteiger charge is -2.05. The highest BCUT2D eigenvalue weighted by atomic mass is 16.5. The van der Waals surface area contributed by atoms with Gasteiger partial charge in [0.2, 0.25) is 0 Å². The SMILES string of the molecule is Cc1ccc(/C=C/C(=O)OCC(=O)NCc2ccccc2)o1. The van der Waals surface area contributed by atoms with Crippen LogP contribution in [0, 0.1) is 6.92 Å². The molecule has 0 bridgehead atoms. The summed E-state index contributed by atoms with van der Waals surface area (Å²) >= 11 is 0. The van der Waals surface area contributed by atoms with Gasteiger partial charge in [-0.3, -0.25) is 4.79 Å². The standard InChI is InChI=1S/C17H17NO4/c1-13-7-8-15(22-13)9-10-17(20)21-12-16(19)18-11-14-5-3-2-4-6-14/h2-10H,11-12H2,1H3,(H,18,19)/b10-9+. The van der Waals surface area contributed by atoms with Crippen LogP contribution in [0.4, 0.5) is 0 Å². The number of amides is 1. The molecule has 1 N–H and O–H groups in total. The van der Waals surface area contributed by atoms with Crippen molar-refractivity contribution >= 4 is 18.0 Å². The van der Waals surface area contributed by atoms with Crippen LogP contribution in [0.1, 0.15) is 17.1 Å². The maximum absolute atomic E-state index is 11.6. The quantitative estimate of drug-likeness (QED) is 0.657. The third-order valence-corrected chi connectivity index (χ3v) is 2.82. The van der Waals surface area contributed by atoms with Crippen LogP contribution >= 0.6 is 0 Å². The minimum absolute atomic E-state index is 0.312. The van der Waals surface area contributed by atoms with Crippen LogP contribution in [0.5, 0.6) is 0 Å². The zero-order valence-corrected chi connectivity index (χ0v) is 12.2. The first-order chi connectivity index (χ1) is 10.6. The monoisotopic (exact) mass is 299 g/mol. The molecule has 0 aliphatic heterocycles.